The molecule has 254 valence electrons. The summed E-state index contributed by atoms with van der Waals surface area (Å²) in [6.07, 6.45) is 14.3. The van der Waals surface area contributed by atoms with Crippen LogP contribution in [0.2, 0.25) is 0 Å². The molecule has 0 aliphatic carbocycles. The number of aromatic nitrogens is 8. The lowest BCUT2D eigenvalue weighted by Gasteiger charge is -2.07. The summed E-state index contributed by atoms with van der Waals surface area (Å²) in [5.41, 5.74) is 11.9. The van der Waals surface area contributed by atoms with Crippen LogP contribution in [0.3, 0.4) is 0 Å². The fourth-order valence-corrected chi connectivity index (χ4v) is 6.18. The van der Waals surface area contributed by atoms with Gasteiger partial charge in [0.25, 0.3) is 0 Å². The van der Waals surface area contributed by atoms with E-state index in [1.807, 2.05) is 85.5 Å². The van der Waals surface area contributed by atoms with Gasteiger partial charge in [0, 0.05) is 71.8 Å². The molecule has 9 rings (SSSR count). The molecule has 0 atom stereocenters. The number of hydrogen-bond acceptors (Lipinski definition) is 8. The molecule has 5 aromatic carbocycles. The Kier molecular flexibility index (Phi) is 8.73. The van der Waals surface area contributed by atoms with Crippen molar-refractivity contribution in [1.29, 1.82) is 0 Å². The Morgan fingerprint density at radius 1 is 0.167 bits per heavy atom. The lowest BCUT2D eigenvalue weighted by atomic mass is 10.0. The molecule has 0 saturated heterocycles. The second-order valence-corrected chi connectivity index (χ2v) is 12.6. The molecule has 0 radical (unpaired) electrons. The molecule has 0 fully saturated rings. The summed E-state index contributed by atoms with van der Waals surface area (Å²) in [5, 5.41) is 0. The van der Waals surface area contributed by atoms with E-state index in [1.165, 1.54) is 22.3 Å². The molecule has 54 heavy (non-hydrogen) atoms. The quantitative estimate of drug-likeness (QED) is 0.155. The number of hydrogen-bond donors (Lipinski definition) is 0. The first kappa shape index (κ1) is 32.3. The minimum absolute atomic E-state index is 0.567. The minimum atomic E-state index is 0.567. The van der Waals surface area contributed by atoms with Gasteiger partial charge in [-0.3, -0.25) is 0 Å². The van der Waals surface area contributed by atoms with Crippen molar-refractivity contribution in [2.45, 2.75) is 0 Å². The van der Waals surface area contributed by atoms with Gasteiger partial charge in [-0.2, -0.15) is 0 Å². The molecule has 9 aromatic rings. The largest absolute Gasteiger partial charge is 0.236 e. The van der Waals surface area contributed by atoms with E-state index in [9.17, 15) is 0 Å². The molecule has 4 heterocycles. The summed E-state index contributed by atoms with van der Waals surface area (Å²) in [6, 6.07) is 45.3. The highest BCUT2D eigenvalue weighted by Crippen LogP contribution is 2.28. The molecule has 0 unspecified atom stereocenters. The van der Waals surface area contributed by atoms with Crippen molar-refractivity contribution in [3.8, 4) is 90.1 Å². The Morgan fingerprint density at radius 2 is 0.370 bits per heavy atom. The Balaban J connectivity index is 0.832. The second kappa shape index (κ2) is 14.6. The van der Waals surface area contributed by atoms with Crippen LogP contribution in [0.25, 0.3) is 90.1 Å². The van der Waals surface area contributed by atoms with Gasteiger partial charge < -0.3 is 0 Å². The zero-order chi connectivity index (χ0) is 36.1. The van der Waals surface area contributed by atoms with Crippen LogP contribution >= 0.6 is 0 Å². The average Bonchev–Trinajstić information content (AvgIpc) is 3.27. The van der Waals surface area contributed by atoms with E-state index in [4.69, 9.17) is 0 Å². The third kappa shape index (κ3) is 6.87. The summed E-state index contributed by atoms with van der Waals surface area (Å²) in [4.78, 5) is 36.8. The molecular formula is C46H30N8. The van der Waals surface area contributed by atoms with Crippen molar-refractivity contribution in [3.63, 3.8) is 0 Å². The van der Waals surface area contributed by atoms with Gasteiger partial charge in [0.15, 0.2) is 23.3 Å². The first-order valence-electron chi connectivity index (χ1n) is 17.4. The summed E-state index contributed by atoms with van der Waals surface area (Å²) >= 11 is 0. The van der Waals surface area contributed by atoms with Crippen LogP contribution in [0.1, 0.15) is 0 Å². The van der Waals surface area contributed by atoms with E-state index in [0.29, 0.717) is 23.3 Å². The highest BCUT2D eigenvalue weighted by Gasteiger charge is 2.10. The van der Waals surface area contributed by atoms with Gasteiger partial charge in [-0.1, -0.05) is 133 Å². The molecule has 0 N–H and O–H groups in total. The normalized spacial score (nSPS) is 11.0. The summed E-state index contributed by atoms with van der Waals surface area (Å²) < 4.78 is 0. The lowest BCUT2D eigenvalue weighted by molar-refractivity contribution is 1.12. The number of nitrogens with zero attached hydrogens (tertiary/aromatic N) is 8. The molecule has 0 amide bonds. The first-order chi connectivity index (χ1) is 26.7. The van der Waals surface area contributed by atoms with Gasteiger partial charge in [0.2, 0.25) is 0 Å². The first-order valence-corrected chi connectivity index (χ1v) is 17.4. The Hall–Kier alpha value is -7.58. The standard InChI is InChI=1S/C46H30N8/c1-3-7-31(8-4-1)33-11-15-35(16-12-33)39-23-47-45(48-24-39)41-27-51-43(52-28-41)37-19-21-38(22-20-37)44-53-29-42(30-54-44)46-49-25-40(26-50-46)36-17-13-34(14-18-36)32-9-5-2-6-10-32/h1-30H. The van der Waals surface area contributed by atoms with E-state index < -0.39 is 0 Å². The van der Waals surface area contributed by atoms with E-state index in [0.717, 1.165) is 44.5 Å². The highest BCUT2D eigenvalue weighted by atomic mass is 14.9. The van der Waals surface area contributed by atoms with Crippen molar-refractivity contribution >= 4 is 0 Å². The van der Waals surface area contributed by atoms with Gasteiger partial charge in [0.05, 0.1) is 11.1 Å². The van der Waals surface area contributed by atoms with Gasteiger partial charge in [0.1, 0.15) is 0 Å². The van der Waals surface area contributed by atoms with Gasteiger partial charge in [-0.25, -0.2) is 39.9 Å². The van der Waals surface area contributed by atoms with Crippen LogP contribution < -0.4 is 0 Å². The molecule has 4 aromatic heterocycles. The van der Waals surface area contributed by atoms with E-state index >= 15 is 0 Å². The van der Waals surface area contributed by atoms with Crippen molar-refractivity contribution in [3.05, 3.63) is 183 Å². The van der Waals surface area contributed by atoms with Crippen LogP contribution in [-0.4, -0.2) is 39.9 Å². The van der Waals surface area contributed by atoms with E-state index in [1.54, 1.807) is 24.8 Å². The summed E-state index contributed by atoms with van der Waals surface area (Å²) in [5.74, 6) is 2.34. The van der Waals surface area contributed by atoms with Crippen molar-refractivity contribution < 1.29 is 0 Å². The molecule has 0 aliphatic heterocycles. The molecule has 0 saturated carbocycles. The number of benzene rings is 5. The topological polar surface area (TPSA) is 103 Å². The smallest absolute Gasteiger partial charge is 0.162 e. The number of rotatable bonds is 8. The van der Waals surface area contributed by atoms with Crippen molar-refractivity contribution in [2.75, 3.05) is 0 Å². The maximum atomic E-state index is 4.60. The third-order valence-electron chi connectivity index (χ3n) is 9.18. The SMILES string of the molecule is c1ccc(-c2ccc(-c3cnc(-c4cnc(-c5ccc(-c6ncc(-c7ncc(-c8ccc(-c9ccccc9)cc8)cn7)cn6)cc5)nc4)nc3)cc2)cc1. The highest BCUT2D eigenvalue weighted by molar-refractivity contribution is 5.72. The average molecular weight is 695 g/mol. The van der Waals surface area contributed by atoms with Crippen molar-refractivity contribution in [1.82, 2.24) is 39.9 Å². The van der Waals surface area contributed by atoms with Gasteiger partial charge >= 0.3 is 0 Å². The monoisotopic (exact) mass is 694 g/mol. The van der Waals surface area contributed by atoms with Crippen LogP contribution in [0, 0.1) is 0 Å². The van der Waals surface area contributed by atoms with Crippen LogP contribution in [0.4, 0.5) is 0 Å². The molecule has 0 spiro atoms. The van der Waals surface area contributed by atoms with Gasteiger partial charge in [-0.15, -0.1) is 0 Å². The van der Waals surface area contributed by atoms with Crippen LogP contribution in [0.15, 0.2) is 183 Å². The Morgan fingerprint density at radius 3 is 0.667 bits per heavy atom. The molecular weight excluding hydrogens is 665 g/mol. The molecule has 0 aliphatic rings. The minimum Gasteiger partial charge on any atom is -0.236 e. The van der Waals surface area contributed by atoms with Crippen LogP contribution in [-0.2, 0) is 0 Å². The molecule has 0 bridgehead atoms. The van der Waals surface area contributed by atoms with Gasteiger partial charge in [-0.05, 0) is 33.4 Å². The predicted octanol–water partition coefficient (Wildman–Crippen LogP) is 10.2. The Bertz CT molecular complexity index is 2420. The van der Waals surface area contributed by atoms with Crippen LogP contribution in [0.5, 0.6) is 0 Å². The lowest BCUT2D eigenvalue weighted by Crippen LogP contribution is -1.95. The summed E-state index contributed by atoms with van der Waals surface area (Å²) in [6.45, 7) is 0. The fraction of sp³-hybridized carbons (Fsp3) is 0. The predicted molar refractivity (Wildman–Crippen MR) is 212 cm³/mol. The third-order valence-corrected chi connectivity index (χ3v) is 9.18. The zero-order valence-electron chi connectivity index (χ0n) is 28.9. The molecule has 8 nitrogen and oxygen atoms in total. The fourth-order valence-electron chi connectivity index (χ4n) is 6.18. The maximum absolute atomic E-state index is 4.60. The maximum Gasteiger partial charge on any atom is 0.162 e. The second-order valence-electron chi connectivity index (χ2n) is 12.6. The van der Waals surface area contributed by atoms with E-state index in [-0.39, 0.29) is 0 Å². The zero-order valence-corrected chi connectivity index (χ0v) is 28.9. The summed E-state index contributed by atoms with van der Waals surface area (Å²) in [7, 11) is 0. The molecule has 8 heteroatoms. The van der Waals surface area contributed by atoms with Crippen molar-refractivity contribution in [2.24, 2.45) is 0 Å². The van der Waals surface area contributed by atoms with E-state index in [2.05, 4.69) is 113 Å². The Labute approximate surface area is 312 Å².